The summed E-state index contributed by atoms with van der Waals surface area (Å²) in [7, 11) is 0. The van der Waals surface area contributed by atoms with E-state index in [0.29, 0.717) is 10.3 Å². The second-order valence-corrected chi connectivity index (χ2v) is 7.16. The van der Waals surface area contributed by atoms with Crippen molar-refractivity contribution in [2.24, 2.45) is 5.41 Å². The summed E-state index contributed by atoms with van der Waals surface area (Å²) in [5.74, 6) is -0.753. The van der Waals surface area contributed by atoms with Gasteiger partial charge in [0.2, 0.25) is 0 Å². The number of carbonyl (C=O) groups is 1. The summed E-state index contributed by atoms with van der Waals surface area (Å²) in [5.41, 5.74) is 2.85. The van der Waals surface area contributed by atoms with Gasteiger partial charge in [0.25, 0.3) is 0 Å². The van der Waals surface area contributed by atoms with Crippen molar-refractivity contribution in [1.29, 1.82) is 0 Å². The molecule has 1 N–H and O–H groups in total. The molecule has 1 aromatic heterocycles. The quantitative estimate of drug-likeness (QED) is 0.829. The fourth-order valence-corrected chi connectivity index (χ4v) is 4.93. The van der Waals surface area contributed by atoms with Crippen LogP contribution in [0.4, 0.5) is 0 Å². The maximum atomic E-state index is 11.3. The molecule has 0 spiro atoms. The molecule has 0 aliphatic heterocycles. The summed E-state index contributed by atoms with van der Waals surface area (Å²) in [6, 6.07) is 0. The van der Waals surface area contributed by atoms with Crippen LogP contribution in [-0.2, 0) is 12.8 Å². The van der Waals surface area contributed by atoms with Gasteiger partial charge in [-0.05, 0) is 42.1 Å². The second kappa shape index (κ2) is 5.25. The molecule has 0 bridgehead atoms. The van der Waals surface area contributed by atoms with Crippen LogP contribution in [0.1, 0.15) is 53.9 Å². The fraction of sp³-hybridized carbons (Fsp3) is 0.643. The highest BCUT2D eigenvalue weighted by atomic mass is 32.2. The van der Waals surface area contributed by atoms with Crippen LogP contribution in [0.5, 0.6) is 0 Å². The molecule has 1 aromatic rings. The molecule has 0 fully saturated rings. The van der Waals surface area contributed by atoms with Gasteiger partial charge in [-0.1, -0.05) is 26.7 Å². The highest BCUT2D eigenvalue weighted by Gasteiger charge is 2.35. The van der Waals surface area contributed by atoms with Crippen molar-refractivity contribution >= 4 is 29.1 Å². The van der Waals surface area contributed by atoms with Gasteiger partial charge in [0.15, 0.2) is 0 Å². The van der Waals surface area contributed by atoms with Gasteiger partial charge in [-0.25, -0.2) is 4.79 Å². The fourth-order valence-electron chi connectivity index (χ4n) is 2.96. The number of rotatable bonds is 4. The minimum Gasteiger partial charge on any atom is -0.477 e. The Morgan fingerprint density at radius 3 is 2.56 bits per heavy atom. The highest BCUT2D eigenvalue weighted by molar-refractivity contribution is 8.00. The molecule has 0 saturated carbocycles. The van der Waals surface area contributed by atoms with Crippen LogP contribution in [0.15, 0.2) is 4.21 Å². The first-order valence-electron chi connectivity index (χ1n) is 6.48. The molecule has 18 heavy (non-hydrogen) atoms. The zero-order chi connectivity index (χ0) is 13.3. The third kappa shape index (κ3) is 2.21. The monoisotopic (exact) mass is 284 g/mol. The number of hydrogen-bond acceptors (Lipinski definition) is 3. The van der Waals surface area contributed by atoms with E-state index in [-0.39, 0.29) is 0 Å². The Balaban J connectivity index is 2.46. The average Bonchev–Trinajstić information content (AvgIpc) is 2.76. The van der Waals surface area contributed by atoms with E-state index in [2.05, 4.69) is 13.8 Å². The van der Waals surface area contributed by atoms with E-state index in [1.807, 2.05) is 6.26 Å². The Kier molecular flexibility index (Phi) is 4.07. The van der Waals surface area contributed by atoms with Crippen LogP contribution >= 0.6 is 23.1 Å². The molecule has 0 amide bonds. The minimum absolute atomic E-state index is 0.397. The lowest BCUT2D eigenvalue weighted by Gasteiger charge is -2.36. The molecular weight excluding hydrogens is 264 g/mol. The number of hydrogen-bond donors (Lipinski definition) is 1. The van der Waals surface area contributed by atoms with Gasteiger partial charge in [-0.2, -0.15) is 0 Å². The first-order chi connectivity index (χ1) is 8.56. The van der Waals surface area contributed by atoms with Crippen LogP contribution < -0.4 is 0 Å². The van der Waals surface area contributed by atoms with Crippen molar-refractivity contribution in [1.82, 2.24) is 0 Å². The molecule has 1 heterocycles. The Bertz CT molecular complexity index is 459. The summed E-state index contributed by atoms with van der Waals surface area (Å²) in [6.07, 6.45) is 7.57. The van der Waals surface area contributed by atoms with E-state index >= 15 is 0 Å². The summed E-state index contributed by atoms with van der Waals surface area (Å²) < 4.78 is 1.22. The van der Waals surface area contributed by atoms with Crippen molar-refractivity contribution in [3.05, 3.63) is 16.0 Å². The summed E-state index contributed by atoms with van der Waals surface area (Å²) in [5, 5.41) is 9.30. The molecule has 0 aromatic carbocycles. The number of thiophene rings is 1. The van der Waals surface area contributed by atoms with Gasteiger partial charge >= 0.3 is 5.97 Å². The number of carboxylic acid groups (broad SMARTS) is 1. The molecule has 1 aliphatic rings. The van der Waals surface area contributed by atoms with Crippen molar-refractivity contribution in [3.63, 3.8) is 0 Å². The predicted octanol–water partition coefficient (Wildman–Crippen LogP) is 4.46. The highest BCUT2D eigenvalue weighted by Crippen LogP contribution is 2.47. The Morgan fingerprint density at radius 2 is 2.06 bits per heavy atom. The molecule has 4 heteroatoms. The van der Waals surface area contributed by atoms with Crippen LogP contribution in [0.2, 0.25) is 0 Å². The lowest BCUT2D eigenvalue weighted by molar-refractivity contribution is 0.0700. The van der Waals surface area contributed by atoms with Crippen LogP contribution in [0.25, 0.3) is 0 Å². The van der Waals surface area contributed by atoms with Crippen molar-refractivity contribution in [3.8, 4) is 0 Å². The summed E-state index contributed by atoms with van der Waals surface area (Å²) in [6.45, 7) is 4.52. The van der Waals surface area contributed by atoms with Crippen LogP contribution in [0.3, 0.4) is 0 Å². The van der Waals surface area contributed by atoms with Gasteiger partial charge in [-0.3, -0.25) is 0 Å². The molecule has 1 aliphatic carbocycles. The van der Waals surface area contributed by atoms with Gasteiger partial charge in [-0.15, -0.1) is 23.1 Å². The molecule has 0 radical (unpaired) electrons. The van der Waals surface area contributed by atoms with E-state index in [9.17, 15) is 9.90 Å². The Morgan fingerprint density at radius 1 is 1.39 bits per heavy atom. The second-order valence-electron chi connectivity index (χ2n) is 5.07. The molecule has 0 saturated heterocycles. The smallest absolute Gasteiger partial charge is 0.346 e. The summed E-state index contributed by atoms with van der Waals surface area (Å²) >= 11 is 3.17. The van der Waals surface area contributed by atoms with E-state index in [0.717, 1.165) is 24.8 Å². The number of fused-ring (bicyclic) bond motifs is 1. The Hall–Kier alpha value is -0.480. The zero-order valence-electron chi connectivity index (χ0n) is 11.2. The van der Waals surface area contributed by atoms with Gasteiger partial charge in [0.05, 0.1) is 4.21 Å². The normalized spacial score (nSPS) is 17.5. The largest absolute Gasteiger partial charge is 0.477 e. The van der Waals surface area contributed by atoms with Crippen LogP contribution in [-0.4, -0.2) is 17.3 Å². The maximum Gasteiger partial charge on any atom is 0.346 e. The maximum absolute atomic E-state index is 11.3. The zero-order valence-corrected chi connectivity index (χ0v) is 12.8. The molecule has 0 unspecified atom stereocenters. The van der Waals surface area contributed by atoms with Gasteiger partial charge in [0.1, 0.15) is 4.88 Å². The van der Waals surface area contributed by atoms with E-state index < -0.39 is 5.97 Å². The molecule has 2 rings (SSSR count). The third-order valence-electron chi connectivity index (χ3n) is 4.42. The SMILES string of the molecule is CCC1(CC)CCc2c(C(=O)O)sc(SC)c2C1. The Labute approximate surface area is 117 Å². The summed E-state index contributed by atoms with van der Waals surface area (Å²) in [4.78, 5) is 11.9. The number of carboxylic acids is 1. The number of aromatic carboxylic acids is 1. The molecule has 0 atom stereocenters. The van der Waals surface area contributed by atoms with E-state index in [4.69, 9.17) is 0 Å². The molecular formula is C14H20O2S2. The standard InChI is InChI=1S/C14H20O2S2/c1-4-14(5-2)7-6-9-10(8-14)13(17-3)18-11(9)12(15)16/h4-8H2,1-3H3,(H,15,16). The average molecular weight is 284 g/mol. The predicted molar refractivity (Wildman–Crippen MR) is 78.1 cm³/mol. The first kappa shape index (κ1) is 13.9. The van der Waals surface area contributed by atoms with Crippen molar-refractivity contribution < 1.29 is 9.90 Å². The van der Waals surface area contributed by atoms with Gasteiger partial charge < -0.3 is 5.11 Å². The van der Waals surface area contributed by atoms with Gasteiger partial charge in [0, 0.05) is 0 Å². The first-order valence-corrected chi connectivity index (χ1v) is 8.53. The third-order valence-corrected chi connectivity index (χ3v) is 6.84. The topological polar surface area (TPSA) is 37.3 Å². The van der Waals surface area contributed by atoms with E-state index in [1.165, 1.54) is 34.0 Å². The lowest BCUT2D eigenvalue weighted by atomic mass is 9.69. The van der Waals surface area contributed by atoms with E-state index in [1.54, 1.807) is 11.8 Å². The molecule has 100 valence electrons. The van der Waals surface area contributed by atoms with Crippen LogP contribution in [0, 0.1) is 5.41 Å². The van der Waals surface area contributed by atoms with Crippen molar-refractivity contribution in [2.75, 3.05) is 6.26 Å². The molecule has 2 nitrogen and oxygen atoms in total. The lowest BCUT2D eigenvalue weighted by Crippen LogP contribution is -2.27. The number of thioether (sulfide) groups is 1. The van der Waals surface area contributed by atoms with Crippen molar-refractivity contribution in [2.45, 2.75) is 50.2 Å². The minimum atomic E-state index is -0.753.